The number of benzene rings is 1. The maximum absolute atomic E-state index is 11.3. The van der Waals surface area contributed by atoms with Crippen LogP contribution in [0.15, 0.2) is 18.2 Å². The van der Waals surface area contributed by atoms with E-state index in [4.69, 9.17) is 10.8 Å². The lowest BCUT2D eigenvalue weighted by Gasteiger charge is -2.13. The van der Waals surface area contributed by atoms with Crippen molar-refractivity contribution >= 4 is 33.5 Å². The minimum atomic E-state index is -0.908. The van der Waals surface area contributed by atoms with Gasteiger partial charge in [-0.3, -0.25) is 9.59 Å². The molecule has 4 N–H and O–H groups in total. The molecule has 1 aromatic carbocycles. The smallest absolute Gasteiger partial charge is 0.304 e. The molecule has 0 aliphatic heterocycles. The Labute approximate surface area is 120 Å². The van der Waals surface area contributed by atoms with E-state index in [-0.39, 0.29) is 17.7 Å². The molecule has 19 heavy (non-hydrogen) atoms. The van der Waals surface area contributed by atoms with Gasteiger partial charge >= 0.3 is 5.97 Å². The van der Waals surface area contributed by atoms with Crippen molar-refractivity contribution < 1.29 is 14.7 Å². The Hall–Kier alpha value is -1.40. The summed E-state index contributed by atoms with van der Waals surface area (Å²) >= 11 is 3.08. The zero-order valence-electron chi connectivity index (χ0n) is 10.6. The Balaban J connectivity index is 2.79. The summed E-state index contributed by atoms with van der Waals surface area (Å²) < 4.78 is 0. The van der Waals surface area contributed by atoms with Crippen LogP contribution in [0.2, 0.25) is 0 Å². The molecule has 0 aliphatic rings. The third-order valence-electron chi connectivity index (χ3n) is 2.67. The number of hydrogen-bond donors (Lipinski definition) is 3. The lowest BCUT2D eigenvalue weighted by molar-refractivity contribution is -0.137. The topological polar surface area (TPSA) is 92.4 Å². The highest BCUT2D eigenvalue weighted by Crippen LogP contribution is 2.17. The molecule has 0 bridgehead atoms. The largest absolute Gasteiger partial charge is 0.481 e. The van der Waals surface area contributed by atoms with Gasteiger partial charge in [0.05, 0.1) is 11.8 Å². The maximum atomic E-state index is 11.3. The lowest BCUT2D eigenvalue weighted by atomic mass is 9.99. The van der Waals surface area contributed by atoms with Gasteiger partial charge in [0.15, 0.2) is 0 Å². The zero-order chi connectivity index (χ0) is 14.4. The van der Waals surface area contributed by atoms with Crippen molar-refractivity contribution in [1.29, 1.82) is 0 Å². The Morgan fingerprint density at radius 3 is 2.74 bits per heavy atom. The van der Waals surface area contributed by atoms with E-state index >= 15 is 0 Å². The van der Waals surface area contributed by atoms with Gasteiger partial charge in [-0.2, -0.15) is 0 Å². The monoisotopic (exact) mass is 328 g/mol. The number of carboxylic acid groups (broad SMARTS) is 1. The van der Waals surface area contributed by atoms with Crippen molar-refractivity contribution in [3.63, 3.8) is 0 Å². The summed E-state index contributed by atoms with van der Waals surface area (Å²) in [5.41, 5.74) is 8.44. The minimum Gasteiger partial charge on any atom is -0.481 e. The minimum absolute atomic E-state index is 0.0720. The van der Waals surface area contributed by atoms with Crippen LogP contribution in [0.5, 0.6) is 0 Å². The molecule has 0 heterocycles. The number of alkyl halides is 1. The summed E-state index contributed by atoms with van der Waals surface area (Å²) in [6, 6.07) is 5.09. The van der Waals surface area contributed by atoms with Gasteiger partial charge in [-0.1, -0.05) is 22.0 Å². The van der Waals surface area contributed by atoms with Gasteiger partial charge in [-0.15, -0.1) is 0 Å². The number of carbonyl (C=O) groups excluding carboxylic acids is 1. The maximum Gasteiger partial charge on any atom is 0.304 e. The first-order valence-electron chi connectivity index (χ1n) is 5.85. The van der Waals surface area contributed by atoms with Crippen LogP contribution in [-0.2, 0) is 16.0 Å². The number of aryl methyl sites for hydroxylation is 1. The van der Waals surface area contributed by atoms with Crippen LogP contribution in [0.25, 0.3) is 0 Å². The highest BCUT2D eigenvalue weighted by Gasteiger charge is 2.11. The number of anilines is 1. The second-order valence-electron chi connectivity index (χ2n) is 4.39. The molecule has 0 saturated carbocycles. The number of aliphatic carboxylic acids is 1. The molecule has 0 saturated heterocycles. The van der Waals surface area contributed by atoms with E-state index in [9.17, 15) is 9.59 Å². The van der Waals surface area contributed by atoms with Crippen molar-refractivity contribution in [2.75, 3.05) is 10.6 Å². The molecule has 6 heteroatoms. The first kappa shape index (κ1) is 15.7. The normalized spacial score (nSPS) is 11.9. The number of hydrogen-bond acceptors (Lipinski definition) is 3. The van der Waals surface area contributed by atoms with E-state index in [1.165, 1.54) is 0 Å². The molecule has 1 atom stereocenters. The van der Waals surface area contributed by atoms with Crippen LogP contribution in [0.4, 0.5) is 5.69 Å². The molecular formula is C13H17BrN2O3. The van der Waals surface area contributed by atoms with Crippen LogP contribution in [0, 0.1) is 6.92 Å². The number of rotatable bonds is 6. The summed E-state index contributed by atoms with van der Waals surface area (Å²) in [7, 11) is 0. The summed E-state index contributed by atoms with van der Waals surface area (Å²) in [5, 5.41) is 11.7. The number of nitrogens with two attached hydrogens (primary N) is 1. The fourth-order valence-electron chi connectivity index (χ4n) is 1.74. The molecule has 104 valence electrons. The molecule has 0 spiro atoms. The summed E-state index contributed by atoms with van der Waals surface area (Å²) in [6.07, 6.45) is 0.396. The number of amides is 1. The number of carbonyl (C=O) groups is 2. The highest BCUT2D eigenvalue weighted by molar-refractivity contribution is 9.09. The average Bonchev–Trinajstić information content (AvgIpc) is 2.32. The Morgan fingerprint density at radius 1 is 1.47 bits per heavy atom. The predicted octanol–water partition coefficient (Wildman–Crippen LogP) is 1.67. The first-order valence-corrected chi connectivity index (χ1v) is 6.97. The SMILES string of the molecule is Cc1ccc(NC(=O)CBr)cc1C[C@H](N)CC(=O)O. The molecule has 1 amide bonds. The molecule has 0 aliphatic carbocycles. The van der Waals surface area contributed by atoms with Crippen LogP contribution in [-0.4, -0.2) is 28.4 Å². The molecular weight excluding hydrogens is 312 g/mol. The lowest BCUT2D eigenvalue weighted by Crippen LogP contribution is -2.26. The van der Waals surface area contributed by atoms with Crippen LogP contribution >= 0.6 is 15.9 Å². The molecule has 0 fully saturated rings. The van der Waals surface area contributed by atoms with E-state index in [0.717, 1.165) is 11.1 Å². The van der Waals surface area contributed by atoms with Crippen molar-refractivity contribution in [2.45, 2.75) is 25.8 Å². The third-order valence-corrected chi connectivity index (χ3v) is 3.18. The van der Waals surface area contributed by atoms with E-state index in [2.05, 4.69) is 21.2 Å². The first-order chi connectivity index (χ1) is 8.92. The predicted molar refractivity (Wildman–Crippen MR) is 77.5 cm³/mol. The van der Waals surface area contributed by atoms with Crippen LogP contribution in [0.3, 0.4) is 0 Å². The van der Waals surface area contributed by atoms with Crippen LogP contribution in [0.1, 0.15) is 17.5 Å². The average molecular weight is 329 g/mol. The number of halogens is 1. The Bertz CT molecular complexity index is 477. The second-order valence-corrected chi connectivity index (χ2v) is 4.95. The van der Waals surface area contributed by atoms with Crippen LogP contribution < -0.4 is 11.1 Å². The van der Waals surface area contributed by atoms with E-state index in [1.54, 1.807) is 0 Å². The van der Waals surface area contributed by atoms with E-state index in [1.807, 2.05) is 25.1 Å². The van der Waals surface area contributed by atoms with Gasteiger partial charge < -0.3 is 16.2 Å². The summed E-state index contributed by atoms with van der Waals surface area (Å²) in [6.45, 7) is 1.93. The molecule has 1 rings (SSSR count). The fourth-order valence-corrected chi connectivity index (χ4v) is 1.88. The standard InChI is InChI=1S/C13H17BrN2O3/c1-8-2-3-11(16-12(17)7-14)5-9(8)4-10(15)6-13(18)19/h2-3,5,10H,4,6-7,15H2,1H3,(H,16,17)(H,18,19)/t10-/m0/s1. The molecule has 0 aromatic heterocycles. The molecule has 5 nitrogen and oxygen atoms in total. The molecule has 0 radical (unpaired) electrons. The van der Waals surface area contributed by atoms with Crippen molar-refractivity contribution in [2.24, 2.45) is 5.73 Å². The van der Waals surface area contributed by atoms with E-state index < -0.39 is 12.0 Å². The van der Waals surface area contributed by atoms with Crippen molar-refractivity contribution in [3.8, 4) is 0 Å². The summed E-state index contributed by atoms with van der Waals surface area (Å²) in [4.78, 5) is 21.9. The molecule has 0 unspecified atom stereocenters. The highest BCUT2D eigenvalue weighted by atomic mass is 79.9. The zero-order valence-corrected chi connectivity index (χ0v) is 12.2. The number of carboxylic acids is 1. The third kappa shape index (κ3) is 5.40. The molecule has 1 aromatic rings. The fraction of sp³-hybridized carbons (Fsp3) is 0.385. The number of nitrogens with one attached hydrogen (secondary N) is 1. The second kappa shape index (κ2) is 7.25. The van der Waals surface area contributed by atoms with Crippen molar-refractivity contribution in [1.82, 2.24) is 0 Å². The van der Waals surface area contributed by atoms with Gasteiger partial charge in [-0.05, 0) is 36.6 Å². The summed E-state index contributed by atoms with van der Waals surface area (Å²) in [5.74, 6) is -1.04. The van der Waals surface area contributed by atoms with Crippen molar-refractivity contribution in [3.05, 3.63) is 29.3 Å². The van der Waals surface area contributed by atoms with Gasteiger partial charge in [0.1, 0.15) is 0 Å². The van der Waals surface area contributed by atoms with Gasteiger partial charge in [0.2, 0.25) is 5.91 Å². The van der Waals surface area contributed by atoms with Gasteiger partial charge in [0, 0.05) is 11.7 Å². The Kier molecular flexibility index (Phi) is 5.98. The Morgan fingerprint density at radius 2 is 2.16 bits per heavy atom. The van der Waals surface area contributed by atoms with E-state index in [0.29, 0.717) is 12.1 Å². The van der Waals surface area contributed by atoms with Gasteiger partial charge in [-0.25, -0.2) is 0 Å². The quantitative estimate of drug-likeness (QED) is 0.692. The van der Waals surface area contributed by atoms with Gasteiger partial charge in [0.25, 0.3) is 0 Å².